The number of benzene rings is 1. The molecule has 1 saturated heterocycles. The quantitative estimate of drug-likeness (QED) is 0.543. The number of piperidine rings is 1. The van der Waals surface area contributed by atoms with Crippen molar-refractivity contribution in [3.05, 3.63) is 58.5 Å². The molecule has 2 N–H and O–H groups in total. The zero-order valence-corrected chi connectivity index (χ0v) is 18.6. The smallest absolute Gasteiger partial charge is 0.285 e. The summed E-state index contributed by atoms with van der Waals surface area (Å²) in [4.78, 5) is 51.2. The Kier molecular flexibility index (Phi) is 6.79. The molecule has 10 heteroatoms. The van der Waals surface area contributed by atoms with Crippen LogP contribution in [-0.4, -0.2) is 56.8 Å². The number of anilines is 1. The number of carbonyl (C=O) groups excluding carboxylic acids is 1. The molecule has 1 aliphatic heterocycles. The molecule has 1 aromatic carbocycles. The molecule has 0 spiro atoms. The van der Waals surface area contributed by atoms with Crippen molar-refractivity contribution in [1.82, 2.24) is 14.8 Å². The Bertz CT molecular complexity index is 1160. The molecular formula is C22H25N4O5P. The van der Waals surface area contributed by atoms with Crippen LogP contribution < -0.4 is 15.2 Å². The lowest BCUT2D eigenvalue weighted by molar-refractivity contribution is 0.0939. The fraction of sp³-hybridized carbons (Fsp3) is 0.364. The third-order valence-corrected chi connectivity index (χ3v) is 6.46. The first-order valence-corrected chi connectivity index (χ1v) is 11.9. The van der Waals surface area contributed by atoms with Crippen LogP contribution in [0.4, 0.5) is 5.82 Å². The number of ether oxygens (including phenoxy) is 1. The zero-order chi connectivity index (χ0) is 22.7. The number of aromatic nitrogens is 3. The highest BCUT2D eigenvalue weighted by atomic mass is 31.2. The van der Waals surface area contributed by atoms with E-state index < -0.39 is 19.8 Å². The number of methoxy groups -OCH3 is 1. The molecule has 9 nitrogen and oxygen atoms in total. The van der Waals surface area contributed by atoms with E-state index in [2.05, 4.69) is 10.1 Å². The highest BCUT2D eigenvalue weighted by molar-refractivity contribution is 7.45. The van der Waals surface area contributed by atoms with Crippen LogP contribution in [0.5, 0.6) is 5.88 Å². The van der Waals surface area contributed by atoms with Gasteiger partial charge in [-0.15, -0.1) is 0 Å². The van der Waals surface area contributed by atoms with Gasteiger partial charge in [0.2, 0.25) is 5.88 Å². The molecule has 3 heterocycles. The zero-order valence-electron chi connectivity index (χ0n) is 17.7. The first-order valence-electron chi connectivity index (χ1n) is 10.4. The van der Waals surface area contributed by atoms with E-state index in [1.54, 1.807) is 36.4 Å². The van der Waals surface area contributed by atoms with Crippen molar-refractivity contribution >= 4 is 30.9 Å². The van der Waals surface area contributed by atoms with Crippen LogP contribution in [0.2, 0.25) is 0 Å². The van der Waals surface area contributed by atoms with Crippen LogP contribution in [0.1, 0.15) is 29.6 Å². The van der Waals surface area contributed by atoms with Crippen LogP contribution >= 0.6 is 8.38 Å². The molecule has 1 aliphatic rings. The number of nitrogens with zero attached hydrogens (tertiary/aromatic N) is 4. The molecule has 0 atom stereocenters. The number of hydrogen-bond acceptors (Lipinski definition) is 8. The molecule has 168 valence electrons. The summed E-state index contributed by atoms with van der Waals surface area (Å²) in [5.74, 6) is 0.744. The van der Waals surface area contributed by atoms with Crippen molar-refractivity contribution in [2.24, 2.45) is 5.92 Å². The van der Waals surface area contributed by atoms with Crippen molar-refractivity contribution in [1.29, 1.82) is 0 Å². The minimum atomic E-state index is -1.87. The van der Waals surface area contributed by atoms with Crippen molar-refractivity contribution in [3.8, 4) is 5.88 Å². The van der Waals surface area contributed by atoms with E-state index in [9.17, 15) is 19.4 Å². The molecule has 1 fully saturated rings. The van der Waals surface area contributed by atoms with Crippen LogP contribution in [0.15, 0.2) is 47.4 Å². The first kappa shape index (κ1) is 22.3. The Balaban J connectivity index is 1.70. The first-order chi connectivity index (χ1) is 15.5. The van der Waals surface area contributed by atoms with Gasteiger partial charge in [-0.25, -0.2) is 0 Å². The summed E-state index contributed by atoms with van der Waals surface area (Å²) in [5, 5.41) is 4.99. The van der Waals surface area contributed by atoms with E-state index in [1.165, 1.54) is 13.3 Å². The number of pyridine rings is 1. The maximum Gasteiger partial charge on any atom is 0.285 e. The van der Waals surface area contributed by atoms with E-state index in [0.29, 0.717) is 53.2 Å². The molecule has 0 amide bonds. The van der Waals surface area contributed by atoms with Gasteiger partial charge in [-0.05, 0) is 37.3 Å². The topological polar surface area (TPSA) is 118 Å². The molecular weight excluding hydrogens is 431 g/mol. The summed E-state index contributed by atoms with van der Waals surface area (Å²) in [7, 11) is -0.356. The van der Waals surface area contributed by atoms with Crippen molar-refractivity contribution in [2.45, 2.75) is 19.3 Å². The lowest BCUT2D eigenvalue weighted by Gasteiger charge is -2.33. The second-order valence-electron chi connectivity index (χ2n) is 7.80. The predicted octanol–water partition coefficient (Wildman–Crippen LogP) is 2.39. The fourth-order valence-corrected chi connectivity index (χ4v) is 4.63. The highest BCUT2D eigenvalue weighted by Crippen LogP contribution is 2.33. The van der Waals surface area contributed by atoms with Gasteiger partial charge in [0.1, 0.15) is 5.82 Å². The van der Waals surface area contributed by atoms with Gasteiger partial charge in [0.05, 0.1) is 18.7 Å². The molecule has 0 unspecified atom stereocenters. The van der Waals surface area contributed by atoms with Gasteiger partial charge in [-0.3, -0.25) is 9.59 Å². The summed E-state index contributed by atoms with van der Waals surface area (Å²) in [6.07, 6.45) is 4.37. The van der Waals surface area contributed by atoms with Crippen molar-refractivity contribution < 1.29 is 19.3 Å². The van der Waals surface area contributed by atoms with E-state index in [4.69, 9.17) is 4.74 Å². The molecule has 4 rings (SSSR count). The summed E-state index contributed by atoms with van der Waals surface area (Å²) >= 11 is 0. The number of carbonyl (C=O) groups is 1. The van der Waals surface area contributed by atoms with E-state index in [-0.39, 0.29) is 0 Å². The Morgan fingerprint density at radius 1 is 1.22 bits per heavy atom. The minimum Gasteiger partial charge on any atom is -0.481 e. The average molecular weight is 456 g/mol. The van der Waals surface area contributed by atoms with Crippen molar-refractivity contribution in [2.75, 3.05) is 31.3 Å². The van der Waals surface area contributed by atoms with Gasteiger partial charge in [0.25, 0.3) is 11.5 Å². The third kappa shape index (κ3) is 4.65. The average Bonchev–Trinajstić information content (AvgIpc) is 2.82. The second-order valence-corrected chi connectivity index (χ2v) is 8.99. The second kappa shape index (κ2) is 9.73. The van der Waals surface area contributed by atoms with Crippen molar-refractivity contribution in [3.63, 3.8) is 0 Å². The highest BCUT2D eigenvalue weighted by Gasteiger charge is 2.25. The Morgan fingerprint density at radius 2 is 1.94 bits per heavy atom. The van der Waals surface area contributed by atoms with Crippen LogP contribution in [0.3, 0.4) is 0 Å². The molecule has 2 aromatic heterocycles. The molecule has 0 radical (unpaired) electrons. The maximum absolute atomic E-state index is 13.4. The van der Waals surface area contributed by atoms with Gasteiger partial charge in [0.15, 0.2) is 8.38 Å². The maximum atomic E-state index is 13.4. The van der Waals surface area contributed by atoms with Crippen LogP contribution in [0.25, 0.3) is 10.8 Å². The normalized spacial score (nSPS) is 14.8. The summed E-state index contributed by atoms with van der Waals surface area (Å²) in [6, 6.07) is 10.2. The van der Waals surface area contributed by atoms with Gasteiger partial charge in [-0.1, -0.05) is 18.2 Å². The Hall–Kier alpha value is -2.87. The third-order valence-electron chi connectivity index (χ3n) is 5.80. The standard InChI is InChI=1S/C22H25N4O5P/c1-31-18-13-17-14-23-26(21(27)16-5-3-2-4-6-16)22(28)19(17)20(24-18)25-10-7-15(8-11-25)9-12-32(29)30/h2-6,13-15,29-30H,7-12H2,1H3. The van der Waals surface area contributed by atoms with Crippen LogP contribution in [-0.2, 0) is 0 Å². The largest absolute Gasteiger partial charge is 0.481 e. The van der Waals surface area contributed by atoms with Gasteiger partial charge < -0.3 is 19.4 Å². The molecule has 32 heavy (non-hydrogen) atoms. The van der Waals surface area contributed by atoms with E-state index >= 15 is 0 Å². The summed E-state index contributed by atoms with van der Waals surface area (Å²) in [5.41, 5.74) is -0.146. The minimum absolute atomic E-state index is 0.331. The molecule has 0 bridgehead atoms. The summed E-state index contributed by atoms with van der Waals surface area (Å²) < 4.78 is 6.21. The molecule has 0 aliphatic carbocycles. The lowest BCUT2D eigenvalue weighted by Crippen LogP contribution is -2.36. The lowest BCUT2D eigenvalue weighted by atomic mass is 9.94. The molecule has 3 aromatic rings. The number of rotatable bonds is 6. The molecule has 0 saturated carbocycles. The number of hydrogen-bond donors (Lipinski definition) is 2. The predicted molar refractivity (Wildman–Crippen MR) is 122 cm³/mol. The van der Waals surface area contributed by atoms with Gasteiger partial charge in [-0.2, -0.15) is 14.8 Å². The van der Waals surface area contributed by atoms with Gasteiger partial charge in [0, 0.05) is 36.3 Å². The fourth-order valence-electron chi connectivity index (χ4n) is 4.04. The van der Waals surface area contributed by atoms with Gasteiger partial charge >= 0.3 is 0 Å². The van der Waals surface area contributed by atoms with Crippen LogP contribution in [0, 0.1) is 5.92 Å². The summed E-state index contributed by atoms with van der Waals surface area (Å²) in [6.45, 7) is 1.34. The van der Waals surface area contributed by atoms with E-state index in [0.717, 1.165) is 23.9 Å². The monoisotopic (exact) mass is 456 g/mol. The van der Waals surface area contributed by atoms with E-state index in [1.807, 2.05) is 4.90 Å². The SMILES string of the molecule is COc1cc2cnn(C(=O)c3ccccc3)c(=O)c2c(N2CCC(CCP(O)O)CC2)n1. The Labute approximate surface area is 186 Å². The number of fused-ring (bicyclic) bond motifs is 1. The Morgan fingerprint density at radius 3 is 2.59 bits per heavy atom.